The van der Waals surface area contributed by atoms with Crippen LogP contribution in [0.15, 0.2) is 18.2 Å². The van der Waals surface area contributed by atoms with Crippen molar-refractivity contribution >= 4 is 11.9 Å². The summed E-state index contributed by atoms with van der Waals surface area (Å²) < 4.78 is 17.2. The minimum atomic E-state index is -0.132. The summed E-state index contributed by atoms with van der Waals surface area (Å²) in [6.45, 7) is 17.3. The maximum atomic E-state index is 12.2. The Morgan fingerprint density at radius 3 is 1.63 bits per heavy atom. The molecule has 0 radical (unpaired) electrons. The number of ether oxygens (including phenoxy) is 3. The number of carbonyl (C=O) groups is 2. The summed E-state index contributed by atoms with van der Waals surface area (Å²) in [5.41, 5.74) is 2.19. The molecule has 236 valence electrons. The predicted octanol–water partition coefficient (Wildman–Crippen LogP) is 10.0. The van der Waals surface area contributed by atoms with E-state index in [9.17, 15) is 9.59 Å². The summed E-state index contributed by atoms with van der Waals surface area (Å²) in [6, 6.07) is 6.65. The van der Waals surface area contributed by atoms with Crippen molar-refractivity contribution in [3.8, 4) is 5.75 Å². The number of hydrogen-bond donors (Lipinski definition) is 0. The SMILES string of the molecule is CCCCCCOC(=O)CCCC(C)(C)c1ccc(C(C)(C)CCCC(=O)OCCCCCC)c(OCCCC)c1. The number of hydrogen-bond acceptors (Lipinski definition) is 5. The Morgan fingerprint density at radius 1 is 0.610 bits per heavy atom. The van der Waals surface area contributed by atoms with Crippen LogP contribution < -0.4 is 4.74 Å². The lowest BCUT2D eigenvalue weighted by Crippen LogP contribution is -2.22. The Morgan fingerprint density at radius 2 is 1.12 bits per heavy atom. The number of benzene rings is 1. The van der Waals surface area contributed by atoms with Crippen LogP contribution in [0.2, 0.25) is 0 Å². The topological polar surface area (TPSA) is 61.8 Å². The first-order valence-electron chi connectivity index (χ1n) is 16.7. The van der Waals surface area contributed by atoms with E-state index < -0.39 is 0 Å². The highest BCUT2D eigenvalue weighted by atomic mass is 16.5. The van der Waals surface area contributed by atoms with E-state index in [-0.39, 0.29) is 22.8 Å². The highest BCUT2D eigenvalue weighted by Crippen LogP contribution is 2.39. The van der Waals surface area contributed by atoms with Gasteiger partial charge in [0.1, 0.15) is 5.75 Å². The third-order valence-electron chi connectivity index (χ3n) is 8.13. The van der Waals surface area contributed by atoms with Gasteiger partial charge >= 0.3 is 11.9 Å². The molecule has 0 aliphatic carbocycles. The van der Waals surface area contributed by atoms with E-state index in [1.54, 1.807) is 0 Å². The van der Waals surface area contributed by atoms with Crippen molar-refractivity contribution in [2.24, 2.45) is 0 Å². The molecule has 0 unspecified atom stereocenters. The summed E-state index contributed by atoms with van der Waals surface area (Å²) in [6.07, 6.45) is 15.3. The Balaban J connectivity index is 2.76. The minimum Gasteiger partial charge on any atom is -0.493 e. The zero-order valence-electron chi connectivity index (χ0n) is 27.7. The lowest BCUT2D eigenvalue weighted by Gasteiger charge is -2.31. The number of rotatable bonds is 24. The molecule has 5 heteroatoms. The summed E-state index contributed by atoms with van der Waals surface area (Å²) in [5.74, 6) is 0.770. The van der Waals surface area contributed by atoms with Crippen LogP contribution in [-0.2, 0) is 29.9 Å². The van der Waals surface area contributed by atoms with Crippen LogP contribution in [0.1, 0.15) is 162 Å². The van der Waals surface area contributed by atoms with Crippen molar-refractivity contribution in [2.75, 3.05) is 19.8 Å². The molecular weight excluding hydrogens is 512 g/mol. The highest BCUT2D eigenvalue weighted by molar-refractivity contribution is 5.69. The molecule has 41 heavy (non-hydrogen) atoms. The average Bonchev–Trinajstić information content (AvgIpc) is 2.92. The maximum absolute atomic E-state index is 12.2. The van der Waals surface area contributed by atoms with Crippen molar-refractivity contribution < 1.29 is 23.8 Å². The second-order valence-corrected chi connectivity index (χ2v) is 13.0. The average molecular weight is 575 g/mol. The molecule has 1 aromatic rings. The molecule has 0 spiro atoms. The fourth-order valence-electron chi connectivity index (χ4n) is 5.15. The second kappa shape index (κ2) is 20.8. The molecule has 0 bridgehead atoms. The van der Waals surface area contributed by atoms with Gasteiger partial charge in [-0.1, -0.05) is 106 Å². The molecule has 1 aromatic carbocycles. The standard InChI is InChI=1S/C36H62O5/c1-8-11-14-16-27-40-33(37)20-18-24-35(4,5)30-22-23-31(32(29-30)39-26-13-10-3)36(6,7)25-19-21-34(38)41-28-17-15-12-9-2/h22-23,29H,8-21,24-28H2,1-7H3. The Bertz CT molecular complexity index is 858. The second-order valence-electron chi connectivity index (χ2n) is 13.0. The van der Waals surface area contributed by atoms with Crippen LogP contribution in [0.5, 0.6) is 5.75 Å². The molecule has 0 N–H and O–H groups in total. The summed E-state index contributed by atoms with van der Waals surface area (Å²) in [7, 11) is 0. The van der Waals surface area contributed by atoms with Gasteiger partial charge in [-0.25, -0.2) is 0 Å². The first-order chi connectivity index (χ1) is 19.6. The van der Waals surface area contributed by atoms with Crippen LogP contribution in [-0.4, -0.2) is 31.8 Å². The smallest absolute Gasteiger partial charge is 0.305 e. The van der Waals surface area contributed by atoms with Crippen molar-refractivity contribution in [2.45, 2.75) is 162 Å². The normalized spacial score (nSPS) is 11.9. The molecule has 0 atom stereocenters. The highest BCUT2D eigenvalue weighted by Gasteiger charge is 2.28. The zero-order valence-corrected chi connectivity index (χ0v) is 27.7. The van der Waals surface area contributed by atoms with Gasteiger partial charge < -0.3 is 14.2 Å². The third kappa shape index (κ3) is 15.7. The van der Waals surface area contributed by atoms with Crippen LogP contribution in [0, 0.1) is 0 Å². The molecule has 0 fully saturated rings. The molecule has 0 saturated heterocycles. The van der Waals surface area contributed by atoms with Crippen molar-refractivity contribution in [1.82, 2.24) is 0 Å². The van der Waals surface area contributed by atoms with E-state index in [0.717, 1.165) is 70.0 Å². The Labute approximate surface area is 252 Å². The Kier molecular flexibility index (Phi) is 18.7. The monoisotopic (exact) mass is 574 g/mol. The van der Waals surface area contributed by atoms with Crippen LogP contribution >= 0.6 is 0 Å². The number of carbonyl (C=O) groups excluding carboxylic acids is 2. The largest absolute Gasteiger partial charge is 0.493 e. The van der Waals surface area contributed by atoms with Crippen LogP contribution in [0.3, 0.4) is 0 Å². The third-order valence-corrected chi connectivity index (χ3v) is 8.13. The van der Waals surface area contributed by atoms with Gasteiger partial charge in [0.05, 0.1) is 19.8 Å². The van der Waals surface area contributed by atoms with Gasteiger partial charge in [-0.05, 0) is 73.0 Å². The summed E-state index contributed by atoms with van der Waals surface area (Å²) in [5, 5.41) is 0. The quantitative estimate of drug-likeness (QED) is 0.0908. The molecule has 0 aliphatic heterocycles. The van der Waals surface area contributed by atoms with Gasteiger partial charge in [0.25, 0.3) is 0 Å². The summed E-state index contributed by atoms with van der Waals surface area (Å²) >= 11 is 0. The number of esters is 2. The van der Waals surface area contributed by atoms with E-state index in [1.807, 2.05) is 0 Å². The molecule has 0 aliphatic rings. The fourth-order valence-corrected chi connectivity index (χ4v) is 5.15. The molecule has 0 aromatic heterocycles. The first kappa shape index (κ1) is 37.0. The lowest BCUT2D eigenvalue weighted by atomic mass is 9.76. The maximum Gasteiger partial charge on any atom is 0.305 e. The van der Waals surface area contributed by atoms with Gasteiger partial charge in [0.2, 0.25) is 0 Å². The molecule has 1 rings (SSSR count). The lowest BCUT2D eigenvalue weighted by molar-refractivity contribution is -0.144. The predicted molar refractivity (Wildman–Crippen MR) is 171 cm³/mol. The molecular formula is C36H62O5. The minimum absolute atomic E-state index is 0.0849. The van der Waals surface area contributed by atoms with Crippen molar-refractivity contribution in [3.63, 3.8) is 0 Å². The summed E-state index contributed by atoms with van der Waals surface area (Å²) in [4.78, 5) is 24.4. The van der Waals surface area contributed by atoms with Gasteiger partial charge in [-0.15, -0.1) is 0 Å². The van der Waals surface area contributed by atoms with Gasteiger partial charge in [-0.2, -0.15) is 0 Å². The Hall–Kier alpha value is -2.04. The van der Waals surface area contributed by atoms with E-state index in [4.69, 9.17) is 14.2 Å². The first-order valence-corrected chi connectivity index (χ1v) is 16.7. The van der Waals surface area contributed by atoms with Gasteiger partial charge in [0.15, 0.2) is 0 Å². The zero-order chi connectivity index (χ0) is 30.6. The molecule has 5 nitrogen and oxygen atoms in total. The van der Waals surface area contributed by atoms with Gasteiger partial charge in [0, 0.05) is 12.8 Å². The molecule has 0 amide bonds. The van der Waals surface area contributed by atoms with E-state index in [1.165, 1.54) is 36.8 Å². The fraction of sp³-hybridized carbons (Fsp3) is 0.778. The van der Waals surface area contributed by atoms with Crippen molar-refractivity contribution in [3.05, 3.63) is 29.3 Å². The molecule has 0 saturated carbocycles. The van der Waals surface area contributed by atoms with E-state index in [2.05, 4.69) is 66.7 Å². The van der Waals surface area contributed by atoms with Crippen LogP contribution in [0.4, 0.5) is 0 Å². The van der Waals surface area contributed by atoms with E-state index in [0.29, 0.717) is 32.7 Å². The van der Waals surface area contributed by atoms with E-state index >= 15 is 0 Å². The van der Waals surface area contributed by atoms with Gasteiger partial charge in [-0.3, -0.25) is 9.59 Å². The van der Waals surface area contributed by atoms with Crippen LogP contribution in [0.25, 0.3) is 0 Å². The molecule has 0 heterocycles. The van der Waals surface area contributed by atoms with Crippen molar-refractivity contribution in [1.29, 1.82) is 0 Å². The number of unbranched alkanes of at least 4 members (excludes halogenated alkanes) is 7.